The summed E-state index contributed by atoms with van der Waals surface area (Å²) in [4.78, 5) is 39.7. The van der Waals surface area contributed by atoms with Gasteiger partial charge in [0.15, 0.2) is 5.78 Å². The van der Waals surface area contributed by atoms with Gasteiger partial charge in [0.2, 0.25) is 5.91 Å². The largest absolute Gasteiger partial charge is 0.376 e. The summed E-state index contributed by atoms with van der Waals surface area (Å²) in [5, 5.41) is 17.8. The molecule has 0 bridgehead atoms. The molecule has 1 fully saturated rings. The number of ketones is 1. The Morgan fingerprint density at radius 3 is 2.65 bits per heavy atom. The molecule has 194 valence electrons. The fourth-order valence-electron chi connectivity index (χ4n) is 5.60. The number of ether oxygens (including phenoxy) is 1. The number of allylic oxidation sites excluding steroid dienone is 1. The van der Waals surface area contributed by atoms with Crippen molar-refractivity contribution in [2.45, 2.75) is 51.7 Å². The lowest BCUT2D eigenvalue weighted by molar-refractivity contribution is -0.384. The van der Waals surface area contributed by atoms with E-state index in [-0.39, 0.29) is 35.4 Å². The van der Waals surface area contributed by atoms with E-state index in [1.54, 1.807) is 12.1 Å². The monoisotopic (exact) mass is 504 g/mol. The first kappa shape index (κ1) is 25.0. The predicted molar refractivity (Wildman–Crippen MR) is 140 cm³/mol. The van der Waals surface area contributed by atoms with Crippen LogP contribution in [0.5, 0.6) is 0 Å². The fourth-order valence-corrected chi connectivity index (χ4v) is 5.60. The molecule has 1 amide bonds. The van der Waals surface area contributed by atoms with Crippen LogP contribution in [-0.2, 0) is 14.3 Å². The first-order chi connectivity index (χ1) is 17.7. The topological polar surface area (TPSA) is 114 Å². The van der Waals surface area contributed by atoms with E-state index >= 15 is 0 Å². The van der Waals surface area contributed by atoms with Gasteiger partial charge in [-0.2, -0.15) is 0 Å². The molecule has 0 spiro atoms. The van der Waals surface area contributed by atoms with Crippen LogP contribution in [0.1, 0.15) is 51.1 Å². The van der Waals surface area contributed by atoms with Crippen molar-refractivity contribution in [2.75, 3.05) is 29.9 Å². The van der Waals surface area contributed by atoms with Crippen molar-refractivity contribution in [3.63, 3.8) is 0 Å². The van der Waals surface area contributed by atoms with E-state index in [0.29, 0.717) is 31.6 Å². The van der Waals surface area contributed by atoms with E-state index in [1.807, 2.05) is 29.2 Å². The maximum Gasteiger partial charge on any atom is 0.269 e. The molecule has 2 aromatic rings. The van der Waals surface area contributed by atoms with Crippen LogP contribution in [0.4, 0.5) is 17.1 Å². The number of nitro benzene ring substituents is 1. The van der Waals surface area contributed by atoms with Crippen molar-refractivity contribution in [3.8, 4) is 0 Å². The predicted octanol–water partition coefficient (Wildman–Crippen LogP) is 4.51. The number of nitrogens with one attached hydrogen (secondary N) is 2. The number of benzene rings is 2. The SMILES string of the molecule is CC1(C)CC(=O)C2=C(C1)Nc1ccccc1N(CC(=O)NCC1CCCO1)C2c1ccc([N+](=O)[O-])cc1. The van der Waals surface area contributed by atoms with Crippen LogP contribution in [-0.4, -0.2) is 42.4 Å². The second-order valence-corrected chi connectivity index (χ2v) is 10.8. The summed E-state index contributed by atoms with van der Waals surface area (Å²) in [7, 11) is 0. The van der Waals surface area contributed by atoms with E-state index in [0.717, 1.165) is 35.5 Å². The molecule has 2 aliphatic heterocycles. The van der Waals surface area contributed by atoms with E-state index < -0.39 is 11.0 Å². The zero-order valence-corrected chi connectivity index (χ0v) is 21.2. The van der Waals surface area contributed by atoms with Crippen molar-refractivity contribution in [1.29, 1.82) is 0 Å². The second-order valence-electron chi connectivity index (χ2n) is 10.8. The number of carbonyl (C=O) groups is 2. The lowest BCUT2D eigenvalue weighted by Gasteiger charge is -2.37. The van der Waals surface area contributed by atoms with E-state index in [9.17, 15) is 19.7 Å². The number of para-hydroxylation sites is 2. The van der Waals surface area contributed by atoms with Crippen molar-refractivity contribution in [2.24, 2.45) is 5.41 Å². The minimum absolute atomic E-state index is 0.0136. The molecule has 9 nitrogen and oxygen atoms in total. The number of nitrogens with zero attached hydrogens (tertiary/aromatic N) is 2. The zero-order chi connectivity index (χ0) is 26.2. The number of hydrogen-bond donors (Lipinski definition) is 2. The van der Waals surface area contributed by atoms with Crippen molar-refractivity contribution < 1.29 is 19.2 Å². The first-order valence-corrected chi connectivity index (χ1v) is 12.7. The Hall–Kier alpha value is -3.72. The van der Waals surface area contributed by atoms with Crippen LogP contribution in [0.25, 0.3) is 0 Å². The Morgan fingerprint density at radius 1 is 1.19 bits per heavy atom. The van der Waals surface area contributed by atoms with Gasteiger partial charge in [0.1, 0.15) is 0 Å². The summed E-state index contributed by atoms with van der Waals surface area (Å²) in [5.41, 5.74) is 3.52. The van der Waals surface area contributed by atoms with Crippen LogP contribution in [0, 0.1) is 15.5 Å². The van der Waals surface area contributed by atoms with Crippen LogP contribution >= 0.6 is 0 Å². The van der Waals surface area contributed by atoms with E-state index in [1.165, 1.54) is 12.1 Å². The molecule has 0 radical (unpaired) electrons. The molecule has 3 aliphatic rings. The molecular weight excluding hydrogens is 472 g/mol. The Kier molecular flexibility index (Phi) is 6.72. The molecule has 2 aromatic carbocycles. The Bertz CT molecular complexity index is 1250. The minimum atomic E-state index is -0.580. The van der Waals surface area contributed by atoms with Crippen LogP contribution in [0.2, 0.25) is 0 Å². The molecule has 1 saturated heterocycles. The number of non-ortho nitro benzene ring substituents is 1. The van der Waals surface area contributed by atoms with Gasteiger partial charge in [-0.25, -0.2) is 0 Å². The van der Waals surface area contributed by atoms with E-state index in [4.69, 9.17) is 4.74 Å². The van der Waals surface area contributed by atoms with Gasteiger partial charge in [-0.15, -0.1) is 0 Å². The standard InChI is InChI=1S/C28H32N4O5/c1-28(2)14-22-26(24(33)15-28)27(18-9-11-19(12-10-18)32(35)36)31(23-8-4-3-7-21(23)30-22)17-25(34)29-16-20-6-5-13-37-20/h3-4,7-12,20,27,30H,5-6,13-17H2,1-2H3,(H,29,34). The molecular formula is C28H32N4O5. The molecule has 9 heteroatoms. The van der Waals surface area contributed by atoms with Crippen LogP contribution in [0.15, 0.2) is 59.8 Å². The summed E-state index contributed by atoms with van der Waals surface area (Å²) in [5.74, 6) is -0.162. The lowest BCUT2D eigenvalue weighted by atomic mass is 9.73. The number of nitro groups is 1. The summed E-state index contributed by atoms with van der Waals surface area (Å²) < 4.78 is 5.65. The maximum absolute atomic E-state index is 13.7. The number of carbonyl (C=O) groups excluding carboxylic acids is 2. The van der Waals surface area contributed by atoms with Gasteiger partial charge in [0.25, 0.3) is 5.69 Å². The Balaban J connectivity index is 1.58. The van der Waals surface area contributed by atoms with Gasteiger partial charge in [0, 0.05) is 43.0 Å². The molecule has 2 unspecified atom stereocenters. The third kappa shape index (κ3) is 5.22. The van der Waals surface area contributed by atoms with Gasteiger partial charge in [-0.05, 0) is 54.5 Å². The number of amides is 1. The number of rotatable bonds is 6. The minimum Gasteiger partial charge on any atom is -0.376 e. The molecule has 37 heavy (non-hydrogen) atoms. The van der Waals surface area contributed by atoms with E-state index in [2.05, 4.69) is 24.5 Å². The molecule has 2 N–H and O–H groups in total. The maximum atomic E-state index is 13.7. The number of Topliss-reactive ketones (excluding diaryl/α,β-unsaturated/α-hetero) is 1. The molecule has 5 rings (SSSR count). The molecule has 2 heterocycles. The number of hydrogen-bond acceptors (Lipinski definition) is 7. The highest BCUT2D eigenvalue weighted by Crippen LogP contribution is 2.48. The smallest absolute Gasteiger partial charge is 0.269 e. The Labute approximate surface area is 216 Å². The van der Waals surface area contributed by atoms with Gasteiger partial charge in [0.05, 0.1) is 35.0 Å². The highest BCUT2D eigenvalue weighted by Gasteiger charge is 2.42. The number of anilines is 2. The highest BCUT2D eigenvalue weighted by molar-refractivity contribution is 6.01. The van der Waals surface area contributed by atoms with Crippen molar-refractivity contribution >= 4 is 28.8 Å². The molecule has 0 aromatic heterocycles. The fraction of sp³-hybridized carbons (Fsp3) is 0.429. The van der Waals surface area contributed by atoms with Crippen molar-refractivity contribution in [1.82, 2.24) is 5.32 Å². The summed E-state index contributed by atoms with van der Waals surface area (Å²) >= 11 is 0. The van der Waals surface area contributed by atoms with Crippen molar-refractivity contribution in [3.05, 3.63) is 75.5 Å². The normalized spacial score (nSPS) is 22.5. The molecule has 2 atom stereocenters. The van der Waals surface area contributed by atoms with Gasteiger partial charge >= 0.3 is 0 Å². The lowest BCUT2D eigenvalue weighted by Crippen LogP contribution is -2.43. The Morgan fingerprint density at radius 2 is 1.95 bits per heavy atom. The van der Waals surface area contributed by atoms with Crippen LogP contribution in [0.3, 0.4) is 0 Å². The summed E-state index contributed by atoms with van der Waals surface area (Å²) in [6.45, 7) is 5.31. The highest BCUT2D eigenvalue weighted by atomic mass is 16.6. The molecule has 1 aliphatic carbocycles. The quantitative estimate of drug-likeness (QED) is 0.440. The molecule has 0 saturated carbocycles. The van der Waals surface area contributed by atoms with Gasteiger partial charge in [-0.3, -0.25) is 19.7 Å². The van der Waals surface area contributed by atoms with Gasteiger partial charge in [-0.1, -0.05) is 26.0 Å². The first-order valence-electron chi connectivity index (χ1n) is 12.7. The summed E-state index contributed by atoms with van der Waals surface area (Å²) in [6, 6.07) is 13.4. The second kappa shape index (κ2) is 9.97. The van der Waals surface area contributed by atoms with Gasteiger partial charge < -0.3 is 20.3 Å². The average Bonchev–Trinajstić information content (AvgIpc) is 3.33. The zero-order valence-electron chi connectivity index (χ0n) is 21.2. The summed E-state index contributed by atoms with van der Waals surface area (Å²) in [6.07, 6.45) is 2.98. The van der Waals surface area contributed by atoms with Crippen LogP contribution < -0.4 is 15.5 Å². The third-order valence-electron chi connectivity index (χ3n) is 7.29. The average molecular weight is 505 g/mol. The third-order valence-corrected chi connectivity index (χ3v) is 7.29. The number of fused-ring (bicyclic) bond motifs is 1.